The predicted octanol–water partition coefficient (Wildman–Crippen LogP) is 2.04. The third-order valence-electron chi connectivity index (χ3n) is 2.96. The van der Waals surface area contributed by atoms with Gasteiger partial charge in [0.15, 0.2) is 5.43 Å². The van der Waals surface area contributed by atoms with Gasteiger partial charge >= 0.3 is 0 Å². The molecule has 1 heterocycles. The molecule has 0 atom stereocenters. The molecule has 0 saturated carbocycles. The van der Waals surface area contributed by atoms with E-state index in [1.165, 1.54) is 6.07 Å². The summed E-state index contributed by atoms with van der Waals surface area (Å²) in [5.74, 6) is -0.375. The number of rotatable bonds is 2. The minimum Gasteiger partial charge on any atom is -0.316 e. The van der Waals surface area contributed by atoms with Crippen molar-refractivity contribution in [3.05, 3.63) is 46.0 Å². The van der Waals surface area contributed by atoms with Crippen LogP contribution in [0.4, 0.5) is 4.39 Å². The van der Waals surface area contributed by atoms with Crippen molar-refractivity contribution in [2.75, 3.05) is 18.6 Å². The highest BCUT2D eigenvalue weighted by Gasteiger charge is 2.11. The van der Waals surface area contributed by atoms with Gasteiger partial charge in [-0.2, -0.15) is 0 Å². The summed E-state index contributed by atoms with van der Waals surface area (Å²) in [6.45, 7) is 4.44. The van der Waals surface area contributed by atoms with Gasteiger partial charge in [0.25, 0.3) is 0 Å². The maximum atomic E-state index is 13.9. The minimum absolute atomic E-state index is 0.111. The summed E-state index contributed by atoms with van der Waals surface area (Å²) in [4.78, 5) is 11.9. The molecule has 0 fully saturated rings. The molecule has 3 nitrogen and oxygen atoms in total. The fraction of sp³-hybridized carbons (Fsp3) is 0.308. The SMILES string of the molecule is CCN(C)n1cc(C)c(=O)c2cccc(F)c21. The number of hydrogen-bond acceptors (Lipinski definition) is 2. The number of benzene rings is 1. The molecular weight excluding hydrogens is 219 g/mol. The first-order valence-corrected chi connectivity index (χ1v) is 5.58. The first-order chi connectivity index (χ1) is 8.06. The van der Waals surface area contributed by atoms with Crippen LogP contribution in [0.25, 0.3) is 10.9 Å². The molecule has 4 heteroatoms. The van der Waals surface area contributed by atoms with Crippen molar-refractivity contribution in [2.45, 2.75) is 13.8 Å². The van der Waals surface area contributed by atoms with Crippen molar-refractivity contribution < 1.29 is 4.39 Å². The lowest BCUT2D eigenvalue weighted by atomic mass is 10.1. The zero-order chi connectivity index (χ0) is 12.6. The molecule has 1 aromatic heterocycles. The van der Waals surface area contributed by atoms with Crippen molar-refractivity contribution in [3.8, 4) is 0 Å². The Balaban J connectivity index is 2.93. The van der Waals surface area contributed by atoms with Gasteiger partial charge in [0.2, 0.25) is 0 Å². The third kappa shape index (κ3) is 1.79. The molecule has 0 spiro atoms. The Labute approximate surface area is 99.1 Å². The van der Waals surface area contributed by atoms with Crippen LogP contribution < -0.4 is 10.4 Å². The number of aromatic nitrogens is 1. The van der Waals surface area contributed by atoms with Crippen molar-refractivity contribution in [1.82, 2.24) is 4.68 Å². The first kappa shape index (κ1) is 11.6. The second kappa shape index (κ2) is 4.20. The average Bonchev–Trinajstić information content (AvgIpc) is 2.33. The molecule has 0 radical (unpaired) electrons. The lowest BCUT2D eigenvalue weighted by Gasteiger charge is -2.23. The van der Waals surface area contributed by atoms with Crippen molar-refractivity contribution in [3.63, 3.8) is 0 Å². The molecule has 2 rings (SSSR count). The number of fused-ring (bicyclic) bond motifs is 1. The van der Waals surface area contributed by atoms with E-state index in [1.54, 1.807) is 29.9 Å². The summed E-state index contributed by atoms with van der Waals surface area (Å²) < 4.78 is 15.6. The normalized spacial score (nSPS) is 10.8. The highest BCUT2D eigenvalue weighted by molar-refractivity contribution is 5.80. The Hall–Kier alpha value is -1.84. The number of pyridine rings is 1. The molecular formula is C13H15FN2O. The largest absolute Gasteiger partial charge is 0.316 e. The molecule has 1 aromatic carbocycles. The summed E-state index contributed by atoms with van der Waals surface area (Å²) in [6, 6.07) is 4.60. The zero-order valence-corrected chi connectivity index (χ0v) is 10.2. The predicted molar refractivity (Wildman–Crippen MR) is 67.6 cm³/mol. The molecule has 0 unspecified atom stereocenters. The molecule has 17 heavy (non-hydrogen) atoms. The van der Waals surface area contributed by atoms with Crippen molar-refractivity contribution in [2.24, 2.45) is 0 Å². The number of hydrogen-bond donors (Lipinski definition) is 0. The van der Waals surface area contributed by atoms with Crippen LogP contribution in [0.15, 0.2) is 29.2 Å². The van der Waals surface area contributed by atoms with Gasteiger partial charge in [-0.15, -0.1) is 0 Å². The first-order valence-electron chi connectivity index (χ1n) is 5.58. The van der Waals surface area contributed by atoms with Crippen LogP contribution in [0.5, 0.6) is 0 Å². The summed E-state index contributed by atoms with van der Waals surface area (Å²) in [5, 5.41) is 2.28. The van der Waals surface area contributed by atoms with Gasteiger partial charge in [-0.05, 0) is 26.0 Å². The lowest BCUT2D eigenvalue weighted by Crippen LogP contribution is -2.32. The van der Waals surface area contributed by atoms with Crippen LogP contribution in [-0.2, 0) is 0 Å². The van der Waals surface area contributed by atoms with Gasteiger partial charge in [-0.1, -0.05) is 6.07 Å². The molecule has 0 amide bonds. The molecule has 0 saturated heterocycles. The van der Waals surface area contributed by atoms with Crippen molar-refractivity contribution in [1.29, 1.82) is 0 Å². The highest BCUT2D eigenvalue weighted by Crippen LogP contribution is 2.15. The van der Waals surface area contributed by atoms with E-state index in [4.69, 9.17) is 0 Å². The molecule has 0 aliphatic carbocycles. The fourth-order valence-electron chi connectivity index (χ4n) is 1.87. The van der Waals surface area contributed by atoms with E-state index < -0.39 is 0 Å². The Morgan fingerprint density at radius 1 is 1.41 bits per heavy atom. The highest BCUT2D eigenvalue weighted by atomic mass is 19.1. The van der Waals surface area contributed by atoms with Gasteiger partial charge in [-0.3, -0.25) is 9.47 Å². The maximum absolute atomic E-state index is 13.9. The summed E-state index contributed by atoms with van der Waals surface area (Å²) in [5.41, 5.74) is 0.844. The van der Waals surface area contributed by atoms with Gasteiger partial charge in [0, 0.05) is 25.4 Å². The van der Waals surface area contributed by atoms with Crippen LogP contribution in [0.1, 0.15) is 12.5 Å². The summed E-state index contributed by atoms with van der Waals surface area (Å²) in [7, 11) is 1.86. The molecule has 0 N–H and O–H groups in total. The number of aryl methyl sites for hydroxylation is 1. The Kier molecular flexibility index (Phi) is 2.88. The Bertz CT molecular complexity index is 619. The van der Waals surface area contributed by atoms with Crippen LogP contribution in [0.2, 0.25) is 0 Å². The van der Waals surface area contributed by atoms with Crippen LogP contribution in [-0.4, -0.2) is 18.3 Å². The van der Waals surface area contributed by atoms with E-state index in [0.29, 0.717) is 16.5 Å². The molecule has 0 bridgehead atoms. The smallest absolute Gasteiger partial charge is 0.192 e. The van der Waals surface area contributed by atoms with Gasteiger partial charge in [0.1, 0.15) is 11.3 Å². The third-order valence-corrected chi connectivity index (χ3v) is 2.96. The van der Waals surface area contributed by atoms with Gasteiger partial charge in [0.05, 0.1) is 5.39 Å². The van der Waals surface area contributed by atoms with Crippen molar-refractivity contribution >= 4 is 10.9 Å². The van der Waals surface area contributed by atoms with Gasteiger partial charge < -0.3 is 5.01 Å². The fourth-order valence-corrected chi connectivity index (χ4v) is 1.87. The van der Waals surface area contributed by atoms with E-state index >= 15 is 0 Å². The van der Waals surface area contributed by atoms with Gasteiger partial charge in [-0.25, -0.2) is 4.39 Å². The number of halogens is 1. The average molecular weight is 234 g/mol. The lowest BCUT2D eigenvalue weighted by molar-refractivity contribution is 0.613. The molecule has 0 aliphatic heterocycles. The van der Waals surface area contributed by atoms with E-state index in [0.717, 1.165) is 6.54 Å². The standard InChI is InChI=1S/C13H15FN2O/c1-4-15(3)16-8-9(2)13(17)10-6-5-7-11(14)12(10)16/h5-8H,4H2,1-3H3. The van der Waals surface area contributed by atoms with Crippen LogP contribution in [0.3, 0.4) is 0 Å². The molecule has 2 aromatic rings. The Morgan fingerprint density at radius 3 is 2.76 bits per heavy atom. The van der Waals surface area contributed by atoms with E-state index in [2.05, 4.69) is 0 Å². The number of para-hydroxylation sites is 1. The maximum Gasteiger partial charge on any atom is 0.192 e. The van der Waals surface area contributed by atoms with E-state index in [9.17, 15) is 9.18 Å². The topological polar surface area (TPSA) is 25.2 Å². The van der Waals surface area contributed by atoms with E-state index in [-0.39, 0.29) is 11.2 Å². The quantitative estimate of drug-likeness (QED) is 0.794. The molecule has 90 valence electrons. The summed E-state index contributed by atoms with van der Waals surface area (Å²) in [6.07, 6.45) is 1.68. The minimum atomic E-state index is -0.375. The second-order valence-electron chi connectivity index (χ2n) is 4.10. The summed E-state index contributed by atoms with van der Waals surface area (Å²) >= 11 is 0. The number of nitrogens with zero attached hydrogens (tertiary/aromatic N) is 2. The van der Waals surface area contributed by atoms with E-state index in [1.807, 2.05) is 19.0 Å². The Morgan fingerprint density at radius 2 is 2.12 bits per heavy atom. The monoisotopic (exact) mass is 234 g/mol. The zero-order valence-electron chi connectivity index (χ0n) is 10.2. The van der Waals surface area contributed by atoms with Crippen LogP contribution >= 0.6 is 0 Å². The second-order valence-corrected chi connectivity index (χ2v) is 4.10. The van der Waals surface area contributed by atoms with Crippen LogP contribution in [0, 0.1) is 12.7 Å². The molecule has 0 aliphatic rings.